The van der Waals surface area contributed by atoms with Gasteiger partial charge in [-0.3, -0.25) is 0 Å². The maximum Gasteiger partial charge on any atom is 0.451 e. The van der Waals surface area contributed by atoms with Gasteiger partial charge >= 0.3 is 7.12 Å². The molecule has 29 heavy (non-hydrogen) atoms. The van der Waals surface area contributed by atoms with Crippen LogP contribution in [0.3, 0.4) is 0 Å². The first-order valence-corrected chi connectivity index (χ1v) is 10.7. The first-order valence-electron chi connectivity index (χ1n) is 10.3. The summed E-state index contributed by atoms with van der Waals surface area (Å²) in [5, 5.41) is 22.3. The van der Waals surface area contributed by atoms with Gasteiger partial charge < -0.3 is 26.8 Å². The van der Waals surface area contributed by atoms with Crippen molar-refractivity contribution in [3.05, 3.63) is 59.1 Å². The van der Waals surface area contributed by atoms with Crippen molar-refractivity contribution in [3.63, 3.8) is 0 Å². The summed E-state index contributed by atoms with van der Waals surface area (Å²) >= 11 is 5.96. The predicted molar refractivity (Wildman–Crippen MR) is 120 cm³/mol. The van der Waals surface area contributed by atoms with Crippen LogP contribution in [-0.4, -0.2) is 29.4 Å². The highest BCUT2D eigenvalue weighted by atomic mass is 35.5. The zero-order valence-electron chi connectivity index (χ0n) is 16.7. The van der Waals surface area contributed by atoms with Gasteiger partial charge in [0.2, 0.25) is 0 Å². The molecule has 7 N–H and O–H groups in total. The number of hydrogen-bond donors (Lipinski definition) is 5. The van der Waals surface area contributed by atoms with Gasteiger partial charge in [0, 0.05) is 11.6 Å². The van der Waals surface area contributed by atoms with E-state index in [1.165, 1.54) is 11.1 Å². The molecule has 156 valence electrons. The second-order valence-electron chi connectivity index (χ2n) is 8.36. The van der Waals surface area contributed by atoms with Crippen LogP contribution in [0.25, 0.3) is 11.1 Å². The molecule has 7 heteroatoms. The Morgan fingerprint density at radius 2 is 1.66 bits per heavy atom. The van der Waals surface area contributed by atoms with E-state index in [0.717, 1.165) is 49.4 Å². The molecule has 0 unspecified atom stereocenters. The first-order chi connectivity index (χ1) is 13.8. The SMILES string of the molecule is NC1(N)C[C@@H](CNCc2ccc(-c3ccc(Cl)cc3)cc2)C[C@@H]1CCCB(O)O. The van der Waals surface area contributed by atoms with E-state index >= 15 is 0 Å². The number of rotatable bonds is 9. The summed E-state index contributed by atoms with van der Waals surface area (Å²) in [6.45, 7) is 1.69. The predicted octanol–water partition coefficient (Wildman–Crippen LogP) is 2.99. The van der Waals surface area contributed by atoms with E-state index in [2.05, 4.69) is 29.6 Å². The van der Waals surface area contributed by atoms with E-state index in [1.54, 1.807) is 0 Å². The van der Waals surface area contributed by atoms with E-state index in [4.69, 9.17) is 33.1 Å². The average Bonchev–Trinajstić information content (AvgIpc) is 2.96. The Labute approximate surface area is 178 Å². The van der Waals surface area contributed by atoms with Crippen LogP contribution < -0.4 is 16.8 Å². The van der Waals surface area contributed by atoms with Gasteiger partial charge in [-0.2, -0.15) is 0 Å². The summed E-state index contributed by atoms with van der Waals surface area (Å²) in [7, 11) is -1.25. The summed E-state index contributed by atoms with van der Waals surface area (Å²) in [5.41, 5.74) is 15.5. The van der Waals surface area contributed by atoms with E-state index < -0.39 is 12.8 Å². The van der Waals surface area contributed by atoms with E-state index in [9.17, 15) is 0 Å². The number of benzene rings is 2. The van der Waals surface area contributed by atoms with Crippen molar-refractivity contribution in [3.8, 4) is 11.1 Å². The van der Waals surface area contributed by atoms with Crippen molar-refractivity contribution in [1.29, 1.82) is 0 Å². The third kappa shape index (κ3) is 6.54. The van der Waals surface area contributed by atoms with Gasteiger partial charge in [0.25, 0.3) is 0 Å². The Morgan fingerprint density at radius 1 is 1.03 bits per heavy atom. The van der Waals surface area contributed by atoms with E-state index in [0.29, 0.717) is 12.2 Å². The number of hydrogen-bond acceptors (Lipinski definition) is 5. The van der Waals surface area contributed by atoms with Crippen molar-refractivity contribution in [2.75, 3.05) is 6.54 Å². The summed E-state index contributed by atoms with van der Waals surface area (Å²) in [4.78, 5) is 0. The molecule has 2 aromatic carbocycles. The van der Waals surface area contributed by atoms with Gasteiger partial charge in [0.1, 0.15) is 0 Å². The topological polar surface area (TPSA) is 105 Å². The van der Waals surface area contributed by atoms with Crippen LogP contribution in [0.4, 0.5) is 0 Å². The molecule has 5 nitrogen and oxygen atoms in total. The quantitative estimate of drug-likeness (QED) is 0.320. The average molecular weight is 416 g/mol. The highest BCUT2D eigenvalue weighted by molar-refractivity contribution is 6.40. The Morgan fingerprint density at radius 3 is 2.28 bits per heavy atom. The lowest BCUT2D eigenvalue weighted by molar-refractivity contribution is 0.303. The van der Waals surface area contributed by atoms with Crippen LogP contribution in [0.5, 0.6) is 0 Å². The first kappa shape index (κ1) is 22.3. The van der Waals surface area contributed by atoms with Crippen molar-refractivity contribution in [2.45, 2.75) is 44.2 Å². The lowest BCUT2D eigenvalue weighted by Gasteiger charge is -2.26. The lowest BCUT2D eigenvalue weighted by Crippen LogP contribution is -2.52. The standard InChI is InChI=1S/C22H31BClN3O2/c24-21-9-7-19(8-10-21)18-5-3-16(4-6-18)14-27-15-17-12-20(22(25,26)13-17)2-1-11-23(28)29/h3-10,17,20,27-29H,1-2,11-15,25-26H2/t17-,20-/m0/s1. The fourth-order valence-electron chi connectivity index (χ4n) is 4.34. The molecular weight excluding hydrogens is 385 g/mol. The largest absolute Gasteiger partial charge is 0.451 e. The molecule has 0 aromatic heterocycles. The fraction of sp³-hybridized carbons (Fsp3) is 0.455. The molecule has 1 saturated carbocycles. The normalized spacial score (nSPS) is 20.7. The second kappa shape index (κ2) is 10.1. The molecule has 0 amide bonds. The Balaban J connectivity index is 1.44. The molecule has 1 fully saturated rings. The molecule has 0 bridgehead atoms. The van der Waals surface area contributed by atoms with Gasteiger partial charge in [-0.05, 0) is 72.8 Å². The van der Waals surface area contributed by atoms with Crippen LogP contribution in [0.2, 0.25) is 11.3 Å². The molecule has 0 spiro atoms. The summed E-state index contributed by atoms with van der Waals surface area (Å²) in [6.07, 6.45) is 3.73. The number of halogens is 1. The van der Waals surface area contributed by atoms with E-state index in [1.807, 2.05) is 24.3 Å². The van der Waals surface area contributed by atoms with Crippen LogP contribution in [0, 0.1) is 11.8 Å². The zero-order valence-corrected chi connectivity index (χ0v) is 17.5. The molecule has 0 radical (unpaired) electrons. The van der Waals surface area contributed by atoms with Crippen LogP contribution in [0.15, 0.2) is 48.5 Å². The highest BCUT2D eigenvalue weighted by Crippen LogP contribution is 2.37. The zero-order chi connectivity index (χ0) is 20.9. The van der Waals surface area contributed by atoms with Crippen LogP contribution in [0.1, 0.15) is 31.2 Å². The van der Waals surface area contributed by atoms with Gasteiger partial charge in [0.15, 0.2) is 0 Å². The van der Waals surface area contributed by atoms with Gasteiger partial charge in [-0.15, -0.1) is 0 Å². The summed E-state index contributed by atoms with van der Waals surface area (Å²) in [6, 6.07) is 16.4. The third-order valence-electron chi connectivity index (χ3n) is 5.93. The maximum absolute atomic E-state index is 9.00. The third-order valence-corrected chi connectivity index (χ3v) is 6.18. The molecule has 0 aliphatic heterocycles. The van der Waals surface area contributed by atoms with Crippen molar-refractivity contribution in [2.24, 2.45) is 23.3 Å². The van der Waals surface area contributed by atoms with Gasteiger partial charge in [-0.1, -0.05) is 54.4 Å². The number of nitrogens with two attached hydrogens (primary N) is 2. The minimum atomic E-state index is -1.25. The summed E-state index contributed by atoms with van der Waals surface area (Å²) in [5.74, 6) is 0.675. The van der Waals surface area contributed by atoms with Crippen LogP contribution in [-0.2, 0) is 6.54 Å². The lowest BCUT2D eigenvalue weighted by atomic mass is 9.81. The Kier molecular flexibility index (Phi) is 7.74. The molecule has 1 aliphatic carbocycles. The Hall–Kier alpha value is -1.41. The monoisotopic (exact) mass is 415 g/mol. The maximum atomic E-state index is 9.00. The minimum absolute atomic E-state index is 0.228. The minimum Gasteiger partial charge on any atom is -0.427 e. The van der Waals surface area contributed by atoms with Crippen molar-refractivity contribution >= 4 is 18.7 Å². The molecule has 3 rings (SSSR count). The molecule has 1 aliphatic rings. The molecular formula is C22H31BClN3O2. The van der Waals surface area contributed by atoms with Gasteiger partial charge in [0.05, 0.1) is 5.66 Å². The van der Waals surface area contributed by atoms with Gasteiger partial charge in [-0.25, -0.2) is 0 Å². The van der Waals surface area contributed by atoms with E-state index in [-0.39, 0.29) is 5.92 Å². The smallest absolute Gasteiger partial charge is 0.427 e. The number of nitrogens with one attached hydrogen (secondary N) is 1. The highest BCUT2D eigenvalue weighted by Gasteiger charge is 2.40. The molecule has 2 aromatic rings. The summed E-state index contributed by atoms with van der Waals surface area (Å²) < 4.78 is 0. The molecule has 0 heterocycles. The van der Waals surface area contributed by atoms with Crippen LogP contribution >= 0.6 is 11.6 Å². The molecule has 2 atom stereocenters. The van der Waals surface area contributed by atoms with Crippen molar-refractivity contribution < 1.29 is 10.0 Å². The fourth-order valence-corrected chi connectivity index (χ4v) is 4.46. The molecule has 0 saturated heterocycles. The Bertz CT molecular complexity index is 769. The van der Waals surface area contributed by atoms with Crippen molar-refractivity contribution in [1.82, 2.24) is 5.32 Å². The second-order valence-corrected chi connectivity index (χ2v) is 8.80.